The van der Waals surface area contributed by atoms with Crippen LogP contribution in [0.3, 0.4) is 0 Å². The molecular formula is C16H13Cl3N2O2. The van der Waals surface area contributed by atoms with Crippen LogP contribution in [-0.2, 0) is 11.4 Å². The van der Waals surface area contributed by atoms with E-state index in [9.17, 15) is 4.79 Å². The quantitative estimate of drug-likeness (QED) is 0.358. The van der Waals surface area contributed by atoms with Gasteiger partial charge in [-0.1, -0.05) is 46.9 Å². The number of carbonyl (C=O) groups excluding carboxylic acids is 1. The zero-order valence-electron chi connectivity index (χ0n) is 11.9. The lowest BCUT2D eigenvalue weighted by atomic mass is 10.2. The van der Waals surface area contributed by atoms with E-state index in [2.05, 4.69) is 0 Å². The molecule has 0 bridgehead atoms. The molecule has 1 amide bonds. The minimum atomic E-state index is -0.402. The fourth-order valence-corrected chi connectivity index (χ4v) is 2.31. The lowest BCUT2D eigenvalue weighted by Crippen LogP contribution is -2.27. The normalized spacial score (nSPS) is 10.8. The topological polar surface area (TPSA) is 64.3 Å². The molecule has 120 valence electrons. The van der Waals surface area contributed by atoms with E-state index in [0.717, 1.165) is 11.1 Å². The molecule has 0 aliphatic rings. The van der Waals surface area contributed by atoms with Crippen molar-refractivity contribution in [3.05, 3.63) is 68.7 Å². The molecule has 2 aromatic rings. The number of benzene rings is 2. The second-order valence-electron chi connectivity index (χ2n) is 4.57. The summed E-state index contributed by atoms with van der Waals surface area (Å²) in [7, 11) is 0. The van der Waals surface area contributed by atoms with E-state index in [4.69, 9.17) is 45.4 Å². The first-order chi connectivity index (χ1) is 11.0. The molecule has 0 aliphatic carbocycles. The zero-order chi connectivity index (χ0) is 16.8. The van der Waals surface area contributed by atoms with Gasteiger partial charge in [-0.15, -0.1) is 0 Å². The summed E-state index contributed by atoms with van der Waals surface area (Å²) in [6.45, 7) is 0.307. The molecule has 2 aromatic carbocycles. The van der Waals surface area contributed by atoms with Crippen LogP contribution in [0.5, 0.6) is 5.75 Å². The molecule has 0 saturated carbocycles. The van der Waals surface area contributed by atoms with Gasteiger partial charge < -0.3 is 4.74 Å². The number of hydrogen-bond donors (Lipinski definition) is 2. The predicted molar refractivity (Wildman–Crippen MR) is 93.6 cm³/mol. The van der Waals surface area contributed by atoms with E-state index in [0.29, 0.717) is 27.4 Å². The molecule has 3 N–H and O–H groups in total. The van der Waals surface area contributed by atoms with Crippen molar-refractivity contribution in [3.63, 3.8) is 0 Å². The van der Waals surface area contributed by atoms with Crippen LogP contribution in [0.1, 0.15) is 11.1 Å². The maximum absolute atomic E-state index is 11.0. The Morgan fingerprint density at radius 1 is 1.09 bits per heavy atom. The summed E-state index contributed by atoms with van der Waals surface area (Å²) >= 11 is 18.0. The third-order valence-corrected chi connectivity index (χ3v) is 3.94. The van der Waals surface area contributed by atoms with Crippen LogP contribution < -0.4 is 16.0 Å². The standard InChI is InChI=1S/C16H13Cl3N2O2/c17-12-4-1-11(8-13(12)18)9-23-15-5-2-10(7-14(15)19)3-6-16(22)21-20/h1-8H,9,20H2,(H,21,22)/b6-3+. The maximum Gasteiger partial charge on any atom is 0.257 e. The van der Waals surface area contributed by atoms with Crippen LogP contribution in [0.15, 0.2) is 42.5 Å². The summed E-state index contributed by atoms with van der Waals surface area (Å²) in [5, 5.41) is 1.39. The fourth-order valence-electron chi connectivity index (χ4n) is 1.75. The third kappa shape index (κ3) is 5.15. The van der Waals surface area contributed by atoms with Gasteiger partial charge in [-0.25, -0.2) is 5.84 Å². The summed E-state index contributed by atoms with van der Waals surface area (Å²) in [5.74, 6) is 5.11. The van der Waals surface area contributed by atoms with Gasteiger partial charge in [0.15, 0.2) is 0 Å². The fraction of sp³-hybridized carbons (Fsp3) is 0.0625. The number of nitrogens with two attached hydrogens (primary N) is 1. The molecule has 0 radical (unpaired) electrons. The average Bonchev–Trinajstić information content (AvgIpc) is 2.54. The van der Waals surface area contributed by atoms with Gasteiger partial charge in [-0.3, -0.25) is 10.2 Å². The number of hydrazine groups is 1. The van der Waals surface area contributed by atoms with Crippen molar-refractivity contribution < 1.29 is 9.53 Å². The number of rotatable bonds is 5. The van der Waals surface area contributed by atoms with Crippen molar-refractivity contribution in [2.45, 2.75) is 6.61 Å². The average molecular weight is 372 g/mol. The number of carbonyl (C=O) groups is 1. The minimum Gasteiger partial charge on any atom is -0.487 e. The van der Waals surface area contributed by atoms with Crippen LogP contribution in [-0.4, -0.2) is 5.91 Å². The Kier molecular flexibility index (Phi) is 6.30. The molecule has 7 heteroatoms. The lowest BCUT2D eigenvalue weighted by molar-refractivity contribution is -0.116. The van der Waals surface area contributed by atoms with Crippen LogP contribution >= 0.6 is 34.8 Å². The van der Waals surface area contributed by atoms with Gasteiger partial charge in [-0.05, 0) is 41.5 Å². The molecule has 0 atom stereocenters. The molecule has 0 spiro atoms. The Morgan fingerprint density at radius 3 is 2.52 bits per heavy atom. The molecule has 0 aromatic heterocycles. The van der Waals surface area contributed by atoms with Crippen molar-refractivity contribution >= 4 is 46.8 Å². The van der Waals surface area contributed by atoms with E-state index in [-0.39, 0.29) is 0 Å². The van der Waals surface area contributed by atoms with Gasteiger partial charge in [0.2, 0.25) is 0 Å². The molecular weight excluding hydrogens is 359 g/mol. The monoisotopic (exact) mass is 370 g/mol. The third-order valence-electron chi connectivity index (χ3n) is 2.90. The van der Waals surface area contributed by atoms with Gasteiger partial charge in [0.1, 0.15) is 12.4 Å². The Balaban J connectivity index is 2.04. The summed E-state index contributed by atoms with van der Waals surface area (Å²) in [6, 6.07) is 10.5. The largest absolute Gasteiger partial charge is 0.487 e. The number of hydrogen-bond acceptors (Lipinski definition) is 3. The Morgan fingerprint density at radius 2 is 1.87 bits per heavy atom. The summed E-state index contributed by atoms with van der Waals surface area (Å²) < 4.78 is 5.66. The summed E-state index contributed by atoms with van der Waals surface area (Å²) in [5.41, 5.74) is 3.63. The number of nitrogens with one attached hydrogen (secondary N) is 1. The number of amides is 1. The van der Waals surface area contributed by atoms with Gasteiger partial charge in [0.25, 0.3) is 5.91 Å². The van der Waals surface area contributed by atoms with E-state index >= 15 is 0 Å². The first-order valence-electron chi connectivity index (χ1n) is 6.54. The maximum atomic E-state index is 11.0. The molecule has 0 fully saturated rings. The number of ether oxygens (including phenoxy) is 1. The van der Waals surface area contributed by atoms with Crippen molar-refractivity contribution in [2.24, 2.45) is 5.84 Å². The highest BCUT2D eigenvalue weighted by atomic mass is 35.5. The zero-order valence-corrected chi connectivity index (χ0v) is 14.1. The van der Waals surface area contributed by atoms with Crippen molar-refractivity contribution in [3.8, 4) is 5.75 Å². The molecule has 0 aliphatic heterocycles. The highest BCUT2D eigenvalue weighted by Gasteiger charge is 2.05. The molecule has 23 heavy (non-hydrogen) atoms. The van der Waals surface area contributed by atoms with Crippen molar-refractivity contribution in [1.82, 2.24) is 5.43 Å². The molecule has 0 heterocycles. The van der Waals surface area contributed by atoms with Gasteiger partial charge in [0.05, 0.1) is 15.1 Å². The minimum absolute atomic E-state index is 0.307. The molecule has 0 unspecified atom stereocenters. The first-order valence-corrected chi connectivity index (χ1v) is 7.68. The van der Waals surface area contributed by atoms with E-state index in [1.54, 1.807) is 36.4 Å². The van der Waals surface area contributed by atoms with E-state index in [1.807, 2.05) is 11.5 Å². The Hall–Kier alpha value is -1.72. The Labute approximate surface area is 148 Å². The van der Waals surface area contributed by atoms with Crippen molar-refractivity contribution in [2.75, 3.05) is 0 Å². The van der Waals surface area contributed by atoms with Crippen LogP contribution in [0.25, 0.3) is 6.08 Å². The van der Waals surface area contributed by atoms with Gasteiger partial charge in [-0.2, -0.15) is 0 Å². The molecule has 4 nitrogen and oxygen atoms in total. The summed E-state index contributed by atoms with van der Waals surface area (Å²) in [4.78, 5) is 11.0. The van der Waals surface area contributed by atoms with Crippen LogP contribution in [0.4, 0.5) is 0 Å². The SMILES string of the molecule is NNC(=O)/C=C/c1ccc(OCc2ccc(Cl)c(Cl)c2)c(Cl)c1. The second kappa shape index (κ2) is 8.22. The molecule has 0 saturated heterocycles. The second-order valence-corrected chi connectivity index (χ2v) is 5.79. The van der Waals surface area contributed by atoms with E-state index < -0.39 is 5.91 Å². The van der Waals surface area contributed by atoms with Gasteiger partial charge in [0, 0.05) is 6.08 Å². The predicted octanol–water partition coefficient (Wildman–Crippen LogP) is 4.23. The lowest BCUT2D eigenvalue weighted by Gasteiger charge is -2.09. The van der Waals surface area contributed by atoms with E-state index in [1.165, 1.54) is 6.08 Å². The van der Waals surface area contributed by atoms with Gasteiger partial charge >= 0.3 is 0 Å². The number of halogens is 3. The highest BCUT2D eigenvalue weighted by Crippen LogP contribution is 2.28. The first kappa shape index (κ1) is 17.6. The molecule has 2 rings (SSSR count). The Bertz CT molecular complexity index is 748. The summed E-state index contributed by atoms with van der Waals surface area (Å²) in [6.07, 6.45) is 2.90. The van der Waals surface area contributed by atoms with Crippen LogP contribution in [0.2, 0.25) is 15.1 Å². The van der Waals surface area contributed by atoms with Crippen LogP contribution in [0, 0.1) is 0 Å². The smallest absolute Gasteiger partial charge is 0.257 e. The highest BCUT2D eigenvalue weighted by molar-refractivity contribution is 6.42. The van der Waals surface area contributed by atoms with Crippen molar-refractivity contribution in [1.29, 1.82) is 0 Å².